The van der Waals surface area contributed by atoms with E-state index in [1.165, 1.54) is 0 Å². The highest BCUT2D eigenvalue weighted by Gasteiger charge is 2.24. The Labute approximate surface area is 93.5 Å². The Bertz CT molecular complexity index is 435. The molecular formula is C12H11ClO2. The summed E-state index contributed by atoms with van der Waals surface area (Å²) in [5.41, 5.74) is 2.43. The minimum Gasteiger partial charge on any atom is -0.501 e. The van der Waals surface area contributed by atoms with Crippen molar-refractivity contribution in [3.8, 4) is 0 Å². The van der Waals surface area contributed by atoms with Crippen LogP contribution in [0, 0.1) is 0 Å². The van der Waals surface area contributed by atoms with Gasteiger partial charge in [-0.1, -0.05) is 11.6 Å². The quantitative estimate of drug-likeness (QED) is 0.568. The van der Waals surface area contributed by atoms with E-state index in [9.17, 15) is 4.79 Å². The topological polar surface area (TPSA) is 26.3 Å². The third-order valence-electron chi connectivity index (χ3n) is 2.38. The molecular weight excluding hydrogens is 212 g/mol. The van der Waals surface area contributed by atoms with Crippen LogP contribution in [-0.4, -0.2) is 12.4 Å². The van der Waals surface area contributed by atoms with Crippen molar-refractivity contribution in [2.75, 3.05) is 6.61 Å². The van der Waals surface area contributed by atoms with Gasteiger partial charge in [0.05, 0.1) is 12.9 Å². The van der Waals surface area contributed by atoms with Gasteiger partial charge in [0.2, 0.25) is 0 Å². The number of hydrogen-bond acceptors (Lipinski definition) is 2. The van der Waals surface area contributed by atoms with E-state index in [4.69, 9.17) is 16.3 Å². The number of rotatable bonds is 2. The van der Waals surface area contributed by atoms with Gasteiger partial charge in [0.25, 0.3) is 0 Å². The van der Waals surface area contributed by atoms with Crippen molar-refractivity contribution in [2.24, 2.45) is 0 Å². The molecule has 0 radical (unpaired) electrons. The van der Waals surface area contributed by atoms with Crippen molar-refractivity contribution < 1.29 is 9.53 Å². The number of ketones is 1. The van der Waals surface area contributed by atoms with Gasteiger partial charge in [-0.2, -0.15) is 0 Å². The molecule has 1 aliphatic carbocycles. The third kappa shape index (κ3) is 1.90. The first-order valence-corrected chi connectivity index (χ1v) is 5.24. The number of benzene rings is 1. The van der Waals surface area contributed by atoms with Crippen LogP contribution < -0.4 is 0 Å². The first-order chi connectivity index (χ1) is 7.22. The van der Waals surface area contributed by atoms with Gasteiger partial charge in [-0.25, -0.2) is 0 Å². The van der Waals surface area contributed by atoms with Crippen LogP contribution in [-0.2, 0) is 11.2 Å². The minimum atomic E-state index is 0.0510. The molecule has 0 spiro atoms. The predicted molar refractivity (Wildman–Crippen MR) is 59.2 cm³/mol. The summed E-state index contributed by atoms with van der Waals surface area (Å²) in [6.45, 7) is 2.47. The van der Waals surface area contributed by atoms with Crippen molar-refractivity contribution in [3.05, 3.63) is 46.2 Å². The SMILES string of the molecule is CCO/C=C1\Cc2cc(Cl)ccc2C1=O. The summed E-state index contributed by atoms with van der Waals surface area (Å²) in [5.74, 6) is 0.0510. The summed E-state index contributed by atoms with van der Waals surface area (Å²) < 4.78 is 5.13. The largest absolute Gasteiger partial charge is 0.501 e. The van der Waals surface area contributed by atoms with E-state index < -0.39 is 0 Å². The van der Waals surface area contributed by atoms with Crippen molar-refractivity contribution in [2.45, 2.75) is 13.3 Å². The van der Waals surface area contributed by atoms with Crippen LogP contribution in [0.3, 0.4) is 0 Å². The Morgan fingerprint density at radius 1 is 1.53 bits per heavy atom. The molecule has 0 amide bonds. The molecule has 15 heavy (non-hydrogen) atoms. The number of fused-ring (bicyclic) bond motifs is 1. The number of allylic oxidation sites excluding steroid dienone is 1. The molecule has 2 rings (SSSR count). The van der Waals surface area contributed by atoms with Crippen molar-refractivity contribution >= 4 is 17.4 Å². The van der Waals surface area contributed by atoms with Gasteiger partial charge in [-0.15, -0.1) is 0 Å². The summed E-state index contributed by atoms with van der Waals surface area (Å²) in [6.07, 6.45) is 2.17. The maximum Gasteiger partial charge on any atom is 0.192 e. The normalized spacial score (nSPS) is 16.9. The van der Waals surface area contributed by atoms with Crippen LogP contribution in [0.1, 0.15) is 22.8 Å². The molecule has 1 aromatic carbocycles. The lowest BCUT2D eigenvalue weighted by Gasteiger charge is -1.95. The molecule has 0 saturated heterocycles. The van der Waals surface area contributed by atoms with E-state index in [1.54, 1.807) is 18.4 Å². The standard InChI is InChI=1S/C12H11ClO2/c1-2-15-7-9-5-8-6-10(13)3-4-11(8)12(9)14/h3-4,6-7H,2,5H2,1H3/b9-7+. The van der Waals surface area contributed by atoms with E-state index >= 15 is 0 Å². The molecule has 0 bridgehead atoms. The van der Waals surface area contributed by atoms with Crippen molar-refractivity contribution in [1.82, 2.24) is 0 Å². The Balaban J connectivity index is 2.33. The number of hydrogen-bond donors (Lipinski definition) is 0. The van der Waals surface area contributed by atoms with Crippen LogP contribution >= 0.6 is 11.6 Å². The van der Waals surface area contributed by atoms with Gasteiger partial charge in [0, 0.05) is 22.6 Å². The number of ether oxygens (including phenoxy) is 1. The highest BCUT2D eigenvalue weighted by molar-refractivity contribution is 6.31. The Kier molecular flexibility index (Phi) is 2.78. The minimum absolute atomic E-state index is 0.0510. The monoisotopic (exact) mass is 222 g/mol. The zero-order chi connectivity index (χ0) is 10.8. The van der Waals surface area contributed by atoms with Gasteiger partial charge < -0.3 is 4.74 Å². The molecule has 0 N–H and O–H groups in total. The van der Waals surface area contributed by atoms with Crippen LogP contribution in [0.25, 0.3) is 0 Å². The average Bonchev–Trinajstić information content (AvgIpc) is 2.52. The molecule has 0 heterocycles. The fraction of sp³-hybridized carbons (Fsp3) is 0.250. The summed E-state index contributed by atoms with van der Waals surface area (Å²) in [4.78, 5) is 11.8. The third-order valence-corrected chi connectivity index (χ3v) is 2.61. The molecule has 0 atom stereocenters. The van der Waals surface area contributed by atoms with Gasteiger partial charge in [-0.3, -0.25) is 4.79 Å². The molecule has 1 aliphatic rings. The van der Waals surface area contributed by atoms with E-state index in [2.05, 4.69) is 0 Å². The summed E-state index contributed by atoms with van der Waals surface area (Å²) in [7, 11) is 0. The number of Topliss-reactive ketones (excluding diaryl/α,β-unsaturated/α-hetero) is 1. The fourth-order valence-corrected chi connectivity index (χ4v) is 1.86. The highest BCUT2D eigenvalue weighted by Crippen LogP contribution is 2.28. The first-order valence-electron chi connectivity index (χ1n) is 4.86. The second-order valence-electron chi connectivity index (χ2n) is 3.41. The lowest BCUT2D eigenvalue weighted by atomic mass is 10.1. The Morgan fingerprint density at radius 3 is 3.07 bits per heavy atom. The van der Waals surface area contributed by atoms with E-state index in [0.717, 1.165) is 11.1 Å². The second kappa shape index (κ2) is 4.07. The number of carbonyl (C=O) groups excluding carboxylic acids is 1. The molecule has 0 aromatic heterocycles. The summed E-state index contributed by atoms with van der Waals surface area (Å²) in [6, 6.07) is 5.34. The van der Waals surface area contributed by atoms with Crippen LogP contribution in [0.15, 0.2) is 30.0 Å². The smallest absolute Gasteiger partial charge is 0.192 e. The lowest BCUT2D eigenvalue weighted by Crippen LogP contribution is -1.96. The highest BCUT2D eigenvalue weighted by atomic mass is 35.5. The molecule has 0 unspecified atom stereocenters. The lowest BCUT2D eigenvalue weighted by molar-refractivity contribution is 0.103. The van der Waals surface area contributed by atoms with E-state index in [-0.39, 0.29) is 5.78 Å². The van der Waals surface area contributed by atoms with Crippen LogP contribution in [0.4, 0.5) is 0 Å². The maximum absolute atomic E-state index is 11.8. The van der Waals surface area contributed by atoms with E-state index in [0.29, 0.717) is 23.6 Å². The van der Waals surface area contributed by atoms with Gasteiger partial charge in [0.15, 0.2) is 5.78 Å². The Hall–Kier alpha value is -1.28. The second-order valence-corrected chi connectivity index (χ2v) is 3.84. The van der Waals surface area contributed by atoms with Gasteiger partial charge in [0.1, 0.15) is 0 Å². The number of carbonyl (C=O) groups is 1. The molecule has 2 nitrogen and oxygen atoms in total. The molecule has 78 valence electrons. The van der Waals surface area contributed by atoms with Crippen LogP contribution in [0.5, 0.6) is 0 Å². The molecule has 0 saturated carbocycles. The number of halogens is 1. The zero-order valence-corrected chi connectivity index (χ0v) is 9.17. The van der Waals surface area contributed by atoms with Crippen molar-refractivity contribution in [3.63, 3.8) is 0 Å². The van der Waals surface area contributed by atoms with Gasteiger partial charge in [-0.05, 0) is 30.7 Å². The van der Waals surface area contributed by atoms with Crippen molar-refractivity contribution in [1.29, 1.82) is 0 Å². The molecule has 0 aliphatic heterocycles. The molecule has 1 aromatic rings. The molecule has 0 fully saturated rings. The predicted octanol–water partition coefficient (Wildman–Crippen LogP) is 3.00. The summed E-state index contributed by atoms with van der Waals surface area (Å²) in [5, 5.41) is 0.666. The van der Waals surface area contributed by atoms with E-state index in [1.807, 2.05) is 13.0 Å². The summed E-state index contributed by atoms with van der Waals surface area (Å²) >= 11 is 5.86. The molecule has 3 heteroatoms. The first kappa shape index (κ1) is 10.2. The van der Waals surface area contributed by atoms with Gasteiger partial charge >= 0.3 is 0 Å². The Morgan fingerprint density at radius 2 is 2.33 bits per heavy atom. The maximum atomic E-state index is 11.8. The average molecular weight is 223 g/mol. The fourth-order valence-electron chi connectivity index (χ4n) is 1.67. The van der Waals surface area contributed by atoms with Crippen LogP contribution in [0.2, 0.25) is 5.02 Å². The zero-order valence-electron chi connectivity index (χ0n) is 8.42.